The van der Waals surface area contributed by atoms with Crippen LogP contribution in [0.2, 0.25) is 0 Å². The summed E-state index contributed by atoms with van der Waals surface area (Å²) in [4.78, 5) is 2.35. The first kappa shape index (κ1) is 12.0. The van der Waals surface area contributed by atoms with Gasteiger partial charge in [-0.1, -0.05) is 12.1 Å². The molecule has 98 valence electrons. The van der Waals surface area contributed by atoms with E-state index in [1.54, 1.807) is 12.1 Å². The van der Waals surface area contributed by atoms with Gasteiger partial charge in [0.1, 0.15) is 0 Å². The van der Waals surface area contributed by atoms with Gasteiger partial charge in [-0.3, -0.25) is 4.90 Å². The molecule has 2 bridgehead atoms. The van der Waals surface area contributed by atoms with Gasteiger partial charge in [0.2, 0.25) is 0 Å². The van der Waals surface area contributed by atoms with Gasteiger partial charge in [0.15, 0.2) is 0 Å². The number of likely N-dealkylation sites (tertiary alicyclic amines) is 1. The highest BCUT2D eigenvalue weighted by Gasteiger charge is 2.37. The van der Waals surface area contributed by atoms with Gasteiger partial charge in [0.25, 0.3) is 0 Å². The predicted molar refractivity (Wildman–Crippen MR) is 62.0 cm³/mol. The van der Waals surface area contributed by atoms with E-state index in [1.165, 1.54) is 18.6 Å². The number of rotatable bonds is 2. The number of nitrogens with zero attached hydrogens (tertiary/aromatic N) is 1. The quantitative estimate of drug-likeness (QED) is 0.873. The van der Waals surface area contributed by atoms with Crippen LogP contribution in [0.25, 0.3) is 0 Å². The van der Waals surface area contributed by atoms with Crippen molar-refractivity contribution >= 4 is 0 Å². The number of nitrogens with one attached hydrogen (secondary N) is 1. The molecule has 0 aromatic heterocycles. The van der Waals surface area contributed by atoms with Crippen LogP contribution in [0.1, 0.15) is 17.5 Å². The Morgan fingerprint density at radius 1 is 1.22 bits per heavy atom. The first-order valence-corrected chi connectivity index (χ1v) is 6.16. The normalized spacial score (nSPS) is 27.9. The van der Waals surface area contributed by atoms with Crippen molar-refractivity contribution in [1.82, 2.24) is 10.2 Å². The van der Waals surface area contributed by atoms with Gasteiger partial charge >= 0.3 is 6.18 Å². The van der Waals surface area contributed by atoms with Crippen molar-refractivity contribution in [3.8, 4) is 0 Å². The summed E-state index contributed by atoms with van der Waals surface area (Å²) in [6.07, 6.45) is -3.07. The third kappa shape index (κ3) is 2.24. The van der Waals surface area contributed by atoms with Crippen LogP contribution in [0.4, 0.5) is 13.2 Å². The van der Waals surface area contributed by atoms with Crippen LogP contribution in [0.5, 0.6) is 0 Å². The topological polar surface area (TPSA) is 15.3 Å². The summed E-state index contributed by atoms with van der Waals surface area (Å²) in [5.41, 5.74) is 0.381. The minimum Gasteiger partial charge on any atom is -0.311 e. The van der Waals surface area contributed by atoms with Crippen LogP contribution >= 0.6 is 0 Å². The Morgan fingerprint density at radius 2 is 1.94 bits per heavy atom. The molecule has 2 aliphatic rings. The van der Waals surface area contributed by atoms with Crippen LogP contribution in [0, 0.1) is 0 Å². The number of halogens is 3. The Bertz CT molecular complexity index is 427. The van der Waals surface area contributed by atoms with Crippen molar-refractivity contribution in [1.29, 1.82) is 0 Å². The molecule has 18 heavy (non-hydrogen) atoms. The molecule has 1 aromatic carbocycles. The van der Waals surface area contributed by atoms with E-state index in [2.05, 4.69) is 10.2 Å². The first-order valence-electron chi connectivity index (χ1n) is 6.16. The molecule has 0 amide bonds. The van der Waals surface area contributed by atoms with Crippen LogP contribution < -0.4 is 5.32 Å². The maximum Gasteiger partial charge on any atom is 0.416 e. The standard InChI is InChI=1S/C13H15F3N2/c14-13(15,16)10-3-1-9(2-4-10)7-18-8-11-5-12(18)6-17-11/h1-4,11-12,17H,5-8H2/t11-,12-/m1/s1. The lowest BCUT2D eigenvalue weighted by atomic mass is 10.1. The monoisotopic (exact) mass is 256 g/mol. The molecule has 1 aromatic rings. The summed E-state index contributed by atoms with van der Waals surface area (Å²) in [7, 11) is 0. The molecule has 5 heteroatoms. The van der Waals surface area contributed by atoms with Gasteiger partial charge in [-0.2, -0.15) is 13.2 Å². The third-order valence-corrected chi connectivity index (χ3v) is 3.84. The second-order valence-electron chi connectivity index (χ2n) is 5.12. The van der Waals surface area contributed by atoms with Gasteiger partial charge < -0.3 is 5.32 Å². The lowest BCUT2D eigenvalue weighted by Crippen LogP contribution is -2.42. The molecule has 0 saturated carbocycles. The predicted octanol–water partition coefficient (Wildman–Crippen LogP) is 2.25. The average molecular weight is 256 g/mol. The lowest BCUT2D eigenvalue weighted by Gasteiger charge is -2.27. The number of piperazine rings is 1. The fraction of sp³-hybridized carbons (Fsp3) is 0.538. The van der Waals surface area contributed by atoms with Gasteiger partial charge in [0.05, 0.1) is 5.56 Å². The van der Waals surface area contributed by atoms with E-state index in [0.29, 0.717) is 12.1 Å². The fourth-order valence-electron chi connectivity index (χ4n) is 2.87. The smallest absolute Gasteiger partial charge is 0.311 e. The second-order valence-corrected chi connectivity index (χ2v) is 5.12. The van der Waals surface area contributed by atoms with Crippen LogP contribution in [0.3, 0.4) is 0 Å². The molecule has 1 N–H and O–H groups in total. The van der Waals surface area contributed by atoms with E-state index in [9.17, 15) is 13.2 Å². The summed E-state index contributed by atoms with van der Waals surface area (Å²) < 4.78 is 37.3. The summed E-state index contributed by atoms with van der Waals surface area (Å²) in [5.74, 6) is 0. The van der Waals surface area contributed by atoms with Crippen molar-refractivity contribution < 1.29 is 13.2 Å². The van der Waals surface area contributed by atoms with Gasteiger partial charge in [0, 0.05) is 31.7 Å². The minimum atomic E-state index is -4.24. The Morgan fingerprint density at radius 3 is 2.44 bits per heavy atom. The van der Waals surface area contributed by atoms with E-state index in [4.69, 9.17) is 0 Å². The van der Waals surface area contributed by atoms with Gasteiger partial charge in [-0.05, 0) is 24.1 Å². The molecule has 0 unspecified atom stereocenters. The molecule has 2 fully saturated rings. The molecule has 3 rings (SSSR count). The number of fused-ring (bicyclic) bond motifs is 2. The van der Waals surface area contributed by atoms with Crippen LogP contribution in [-0.4, -0.2) is 30.1 Å². The molecular formula is C13H15F3N2. The summed E-state index contributed by atoms with van der Waals surface area (Å²) in [6.45, 7) is 2.76. The number of benzene rings is 1. The van der Waals surface area contributed by atoms with Crippen molar-refractivity contribution in [3.63, 3.8) is 0 Å². The first-order chi connectivity index (χ1) is 8.52. The zero-order valence-corrected chi connectivity index (χ0v) is 9.87. The largest absolute Gasteiger partial charge is 0.416 e. The molecule has 2 atom stereocenters. The zero-order chi connectivity index (χ0) is 12.8. The Labute approximate surface area is 104 Å². The lowest BCUT2D eigenvalue weighted by molar-refractivity contribution is -0.137. The zero-order valence-electron chi connectivity index (χ0n) is 9.87. The van der Waals surface area contributed by atoms with Crippen LogP contribution in [-0.2, 0) is 12.7 Å². The fourth-order valence-corrected chi connectivity index (χ4v) is 2.87. The number of alkyl halides is 3. The van der Waals surface area contributed by atoms with E-state index >= 15 is 0 Å². The molecule has 2 nitrogen and oxygen atoms in total. The second kappa shape index (κ2) is 4.24. The maximum atomic E-state index is 12.4. The van der Waals surface area contributed by atoms with E-state index in [0.717, 1.165) is 25.2 Å². The molecule has 0 aliphatic carbocycles. The molecule has 0 spiro atoms. The van der Waals surface area contributed by atoms with E-state index < -0.39 is 11.7 Å². The van der Waals surface area contributed by atoms with Crippen molar-refractivity contribution in [2.45, 2.75) is 31.2 Å². The molecule has 2 saturated heterocycles. The minimum absolute atomic E-state index is 0.553. The van der Waals surface area contributed by atoms with Gasteiger partial charge in [-0.15, -0.1) is 0 Å². The molecule has 2 heterocycles. The maximum absolute atomic E-state index is 12.4. The van der Waals surface area contributed by atoms with Crippen molar-refractivity contribution in [2.24, 2.45) is 0 Å². The highest BCUT2D eigenvalue weighted by atomic mass is 19.4. The molecule has 0 radical (unpaired) electrons. The van der Waals surface area contributed by atoms with Crippen LogP contribution in [0.15, 0.2) is 24.3 Å². The summed E-state index contributed by atoms with van der Waals surface area (Å²) in [6, 6.07) is 6.63. The summed E-state index contributed by atoms with van der Waals surface area (Å²) >= 11 is 0. The van der Waals surface area contributed by atoms with Crippen molar-refractivity contribution in [3.05, 3.63) is 35.4 Å². The Kier molecular flexibility index (Phi) is 2.83. The number of hydrogen-bond donors (Lipinski definition) is 1. The molecular weight excluding hydrogens is 241 g/mol. The van der Waals surface area contributed by atoms with E-state index in [1.807, 2.05) is 0 Å². The Hall–Kier alpha value is -1.07. The highest BCUT2D eigenvalue weighted by Crippen LogP contribution is 2.30. The highest BCUT2D eigenvalue weighted by molar-refractivity contribution is 5.24. The van der Waals surface area contributed by atoms with Crippen molar-refractivity contribution in [2.75, 3.05) is 13.1 Å². The average Bonchev–Trinajstić information content (AvgIpc) is 2.90. The van der Waals surface area contributed by atoms with Gasteiger partial charge in [-0.25, -0.2) is 0 Å². The summed E-state index contributed by atoms with van der Waals surface area (Å²) in [5, 5.41) is 3.41. The third-order valence-electron chi connectivity index (χ3n) is 3.84. The number of hydrogen-bond acceptors (Lipinski definition) is 2. The molecule has 2 aliphatic heterocycles. The SMILES string of the molecule is FC(F)(F)c1ccc(CN2C[C@H]3C[C@@H]2CN3)cc1. The Balaban J connectivity index is 1.67. The van der Waals surface area contributed by atoms with E-state index in [-0.39, 0.29) is 0 Å².